The number of H-pyrrole nitrogens is 2. The van der Waals surface area contributed by atoms with E-state index in [9.17, 15) is 72.9 Å². The van der Waals surface area contributed by atoms with E-state index in [1.165, 1.54) is 41.7 Å². The van der Waals surface area contributed by atoms with Crippen molar-refractivity contribution >= 4 is 87.9 Å². The molecule has 0 radical (unpaired) electrons. The Morgan fingerprint density at radius 3 is 1.82 bits per heavy atom. The number of hydrogen-bond donors (Lipinski definition) is 19. The van der Waals surface area contributed by atoms with Gasteiger partial charge in [0, 0.05) is 67.8 Å². The molecule has 528 valence electrons. The topological polar surface area (TPSA) is 545 Å². The summed E-state index contributed by atoms with van der Waals surface area (Å²) in [6.45, 7) is 5.94. The highest BCUT2D eigenvalue weighted by Crippen LogP contribution is 2.22. The van der Waals surface area contributed by atoms with E-state index in [2.05, 4.69) is 73.2 Å². The van der Waals surface area contributed by atoms with Crippen LogP contribution < -0.4 is 75.9 Å². The number of aliphatic hydroxyl groups excluding tert-OH is 2. The number of phenolic OH excluding ortho intramolecular Hbond substituents is 1. The number of fused-ring (bicyclic) bond motifs is 1. The number of primary amides is 1. The van der Waals surface area contributed by atoms with Gasteiger partial charge in [-0.3, -0.25) is 63.2 Å². The number of likely N-dealkylation sites (tertiary alicyclic amines) is 1. The van der Waals surface area contributed by atoms with Gasteiger partial charge >= 0.3 is 6.03 Å². The average molecular weight is 1360 g/mol. The number of nitrogens with zero attached hydrogens (tertiary/aromatic N) is 3. The number of aromatic hydroxyl groups is 1. The molecule has 2 aromatic carbocycles. The zero-order chi connectivity index (χ0) is 71.1. The number of amides is 13. The van der Waals surface area contributed by atoms with Gasteiger partial charge in [0.1, 0.15) is 66.2 Å². The van der Waals surface area contributed by atoms with Crippen molar-refractivity contribution in [3.63, 3.8) is 0 Å². The van der Waals surface area contributed by atoms with Crippen molar-refractivity contribution in [1.82, 2.24) is 78.6 Å². The highest BCUT2D eigenvalue weighted by Gasteiger charge is 2.41. The number of nitrogens with one attached hydrogen (secondary N) is 13. The molecule has 97 heavy (non-hydrogen) atoms. The number of hydrogen-bond acceptors (Lipinski definition) is 18. The lowest BCUT2D eigenvalue weighted by Gasteiger charge is -2.31. The lowest BCUT2D eigenvalue weighted by atomic mass is 10.0. The van der Waals surface area contributed by atoms with Crippen LogP contribution in [0, 0.1) is 5.92 Å². The van der Waals surface area contributed by atoms with Crippen molar-refractivity contribution in [1.29, 1.82) is 0 Å². The second-order valence-electron chi connectivity index (χ2n) is 24.9. The van der Waals surface area contributed by atoms with Crippen molar-refractivity contribution in [3.8, 4) is 5.75 Å². The number of aliphatic imine (C=N–C) groups is 1. The molecule has 0 spiro atoms. The van der Waals surface area contributed by atoms with Gasteiger partial charge in [-0.25, -0.2) is 15.2 Å². The zero-order valence-corrected chi connectivity index (χ0v) is 54.5. The highest BCUT2D eigenvalue weighted by atomic mass is 16.5. The Labute approximate surface area is 557 Å². The van der Waals surface area contributed by atoms with E-state index in [1.54, 1.807) is 65.1 Å². The predicted molar refractivity (Wildman–Crippen MR) is 348 cm³/mol. The molecule has 35 nitrogen and oxygen atoms in total. The molecule has 13 amide bonds. The van der Waals surface area contributed by atoms with Gasteiger partial charge in [0.25, 0.3) is 5.91 Å². The minimum absolute atomic E-state index is 0.0176. The lowest BCUT2D eigenvalue weighted by molar-refractivity contribution is -0.142. The summed E-state index contributed by atoms with van der Waals surface area (Å²) in [6, 6.07) is -3.12. The van der Waals surface area contributed by atoms with Crippen molar-refractivity contribution in [2.75, 3.05) is 32.9 Å². The predicted octanol–water partition coefficient (Wildman–Crippen LogP) is -4.63. The van der Waals surface area contributed by atoms with Crippen molar-refractivity contribution < 1.29 is 77.6 Å². The number of aromatic nitrogens is 3. The largest absolute Gasteiger partial charge is 0.508 e. The van der Waals surface area contributed by atoms with Gasteiger partial charge in [-0.2, -0.15) is 0 Å². The Morgan fingerprint density at radius 1 is 0.680 bits per heavy atom. The monoisotopic (exact) mass is 1360 g/mol. The fourth-order valence-corrected chi connectivity index (χ4v) is 10.7. The van der Waals surface area contributed by atoms with Gasteiger partial charge in [-0.1, -0.05) is 44.2 Å². The smallest absolute Gasteiger partial charge is 0.330 e. The van der Waals surface area contributed by atoms with E-state index in [0.717, 1.165) is 0 Å². The van der Waals surface area contributed by atoms with Crippen LogP contribution in [0.4, 0.5) is 4.79 Å². The van der Waals surface area contributed by atoms with Crippen LogP contribution in [0.1, 0.15) is 96.4 Å². The van der Waals surface area contributed by atoms with Crippen LogP contribution in [-0.4, -0.2) is 211 Å². The number of carbonyl (C=O) groups is 12. The van der Waals surface area contributed by atoms with Crippen LogP contribution in [-0.2, 0) is 76.7 Å². The summed E-state index contributed by atoms with van der Waals surface area (Å²) in [7, 11) is 0. The molecular formula is C62H89N19O16. The standard InChI is InChI=1S/C62H89N19O16/c1-32(2)22-41(51(87)71-40(12-8-20-67-60(63)64)59(95)81-21-9-13-48(81)58(94)79-80-61(65)96)72-57(93)47(30-97-62(3,4)5)78-52(88)42(23-33-14-16-36(84)17-15-33)73-55(91)45(28-82)77-56(92)46(29-83)76-53(89)43(24-34-26-68-38-11-7-6-10-37(34)38)74-54(90)44(25-35-27-66-31-69-35)75-50(86)39-18-19-49(85)70-39/h6-7,10-11,14-17,26-27,31-32,39-48,68,82-84H,8-9,12-13,18-25,28-30H2,1-5H3,(H,66,69)(H,70,85)(H,71,87)(H,72,93)(H,73,91)(H,74,90)(H,75,86)(H,76,89)(H,77,92)(H,78,88)(H,79,94)(H4,63,64,67)(H3,65,80,96)/t39-,40-,41-,42-,43-,44-,45-,46-,47+,48-/m0/s1. The second-order valence-corrected chi connectivity index (χ2v) is 24.9. The number of aliphatic hydroxyl groups is 2. The van der Waals surface area contributed by atoms with Crippen LogP contribution in [0.2, 0.25) is 0 Å². The van der Waals surface area contributed by atoms with Crippen LogP contribution in [0.15, 0.2) is 72.2 Å². The third kappa shape index (κ3) is 23.5. The van der Waals surface area contributed by atoms with Crippen molar-refractivity contribution in [3.05, 3.63) is 84.1 Å². The fourth-order valence-electron chi connectivity index (χ4n) is 10.7. The summed E-state index contributed by atoms with van der Waals surface area (Å²) in [5.41, 5.74) is 21.4. The maximum Gasteiger partial charge on any atom is 0.330 e. The fraction of sp³-hybridized carbons (Fsp3) is 0.516. The first kappa shape index (κ1) is 75.6. The quantitative estimate of drug-likeness (QED) is 0.00905. The third-order valence-corrected chi connectivity index (χ3v) is 15.7. The minimum Gasteiger partial charge on any atom is -0.508 e. The highest BCUT2D eigenvalue weighted by molar-refractivity contribution is 6.00. The van der Waals surface area contributed by atoms with E-state index in [0.29, 0.717) is 34.1 Å². The number of phenols is 1. The summed E-state index contributed by atoms with van der Waals surface area (Å²) >= 11 is 0. The molecule has 4 heterocycles. The molecule has 2 fully saturated rings. The van der Waals surface area contributed by atoms with Gasteiger partial charge in [0.05, 0.1) is 31.7 Å². The number of urea groups is 1. The molecule has 10 atom stereocenters. The molecule has 0 unspecified atom stereocenters. The minimum atomic E-state index is -1.90. The zero-order valence-electron chi connectivity index (χ0n) is 54.5. The van der Waals surface area contributed by atoms with Gasteiger partial charge in [-0.05, 0) is 94.5 Å². The van der Waals surface area contributed by atoms with Gasteiger partial charge < -0.3 is 100.0 Å². The molecule has 35 heteroatoms. The number of aromatic amines is 2. The number of guanidine groups is 1. The molecule has 2 saturated heterocycles. The van der Waals surface area contributed by atoms with E-state index >= 15 is 0 Å². The van der Waals surface area contributed by atoms with Gasteiger partial charge in [0.2, 0.25) is 59.1 Å². The Kier molecular flexibility index (Phi) is 28.0. The first-order valence-corrected chi connectivity index (χ1v) is 31.6. The number of rotatable bonds is 34. The number of ether oxygens (including phenoxy) is 1. The molecule has 6 rings (SSSR count). The third-order valence-electron chi connectivity index (χ3n) is 15.7. The summed E-state index contributed by atoms with van der Waals surface area (Å²) in [5.74, 6) is -10.2. The Balaban J connectivity index is 1.21. The van der Waals surface area contributed by atoms with E-state index in [1.807, 2.05) is 5.43 Å². The Hall–Kier alpha value is -10.4. The van der Waals surface area contributed by atoms with Crippen molar-refractivity contribution in [2.45, 2.75) is 165 Å². The number of benzene rings is 2. The Morgan fingerprint density at radius 2 is 1.25 bits per heavy atom. The molecule has 2 aliphatic rings. The second kappa shape index (κ2) is 35.9. The summed E-state index contributed by atoms with van der Waals surface area (Å²) in [6.07, 6.45) is 4.64. The number of carbonyl (C=O) groups excluding carboxylic acids is 12. The maximum absolute atomic E-state index is 14.7. The summed E-state index contributed by atoms with van der Waals surface area (Å²) in [5, 5.41) is 55.1. The number of hydrazine groups is 1. The molecule has 2 aromatic heterocycles. The van der Waals surface area contributed by atoms with Crippen molar-refractivity contribution in [2.24, 2.45) is 28.1 Å². The van der Waals surface area contributed by atoms with E-state index in [4.69, 9.17) is 21.9 Å². The van der Waals surface area contributed by atoms with E-state index in [-0.39, 0.29) is 94.4 Å². The molecule has 0 bridgehead atoms. The van der Waals surface area contributed by atoms with Crippen LogP contribution in [0.3, 0.4) is 0 Å². The number of imidazole rings is 1. The summed E-state index contributed by atoms with van der Waals surface area (Å²) < 4.78 is 6.00. The normalized spacial score (nSPS) is 16.9. The molecule has 0 aliphatic carbocycles. The molecule has 22 N–H and O–H groups in total. The molecule has 0 saturated carbocycles. The molecular weight excluding hydrogens is 1270 g/mol. The van der Waals surface area contributed by atoms with Gasteiger partial charge in [0.15, 0.2) is 5.96 Å². The molecule has 2 aliphatic heterocycles. The Bertz CT molecular complexity index is 3440. The number of para-hydroxylation sites is 1. The SMILES string of the molecule is CC(C)C[C@H](NC(=O)[C@@H](COC(C)(C)C)NC(=O)[C@H](Cc1ccc(O)cc1)NC(=O)[C@H](CO)NC(=O)[C@H](CO)NC(=O)[C@H](Cc1c[nH]c2ccccc12)NC(=O)[C@H](Cc1cnc[nH]1)NC(=O)[C@@H]1CCC(=O)N1)C(=O)N[C@@H](CCCN=C(N)N)C(=O)N1CCC[C@H]1C(=O)NNC(N)=O. The first-order chi connectivity index (χ1) is 46.0. The number of nitrogens with two attached hydrogens (primary N) is 3. The average Bonchev–Trinajstić information content (AvgIpc) is 1.79. The maximum atomic E-state index is 14.7. The first-order valence-electron chi connectivity index (χ1n) is 31.6. The van der Waals surface area contributed by atoms with Crippen LogP contribution in [0.25, 0.3) is 10.9 Å². The van der Waals surface area contributed by atoms with Gasteiger partial charge in [-0.15, -0.1) is 0 Å². The molecule has 4 aromatic rings. The lowest BCUT2D eigenvalue weighted by Crippen LogP contribution is -2.62. The van der Waals surface area contributed by atoms with Crippen LogP contribution >= 0.6 is 0 Å². The van der Waals surface area contributed by atoms with Crippen LogP contribution in [0.5, 0.6) is 5.75 Å². The van der Waals surface area contributed by atoms with E-state index < -0.39 is 151 Å². The summed E-state index contributed by atoms with van der Waals surface area (Å²) in [4.78, 5) is 180.